The van der Waals surface area contributed by atoms with E-state index in [1.165, 1.54) is 0 Å². The molecule has 4 nitrogen and oxygen atoms in total. The van der Waals surface area contributed by atoms with Gasteiger partial charge in [-0.15, -0.1) is 0 Å². The maximum absolute atomic E-state index is 5.40. The first kappa shape index (κ1) is 8.40. The largest absolute Gasteiger partial charge is 0.330 e. The van der Waals surface area contributed by atoms with Gasteiger partial charge in [0.1, 0.15) is 5.82 Å². The summed E-state index contributed by atoms with van der Waals surface area (Å²) in [5.74, 6) is 1.61. The molecule has 0 saturated carbocycles. The van der Waals surface area contributed by atoms with E-state index < -0.39 is 0 Å². The van der Waals surface area contributed by atoms with Gasteiger partial charge in [0.05, 0.1) is 0 Å². The van der Waals surface area contributed by atoms with Gasteiger partial charge < -0.3 is 5.73 Å². The lowest BCUT2D eigenvalue weighted by Crippen LogP contribution is -2.03. The highest BCUT2D eigenvalue weighted by atomic mass is 32.1. The molecule has 0 spiro atoms. The smallest absolute Gasteiger partial charge is 0.181 e. The molecule has 68 valence electrons. The zero-order chi connectivity index (χ0) is 9.10. The molecule has 2 aromatic rings. The molecule has 0 saturated heterocycles. The summed E-state index contributed by atoms with van der Waals surface area (Å²) >= 11 is 1.64. The van der Waals surface area contributed by atoms with Gasteiger partial charge in [0.15, 0.2) is 5.82 Å². The second-order valence-corrected chi connectivity index (χ2v) is 3.44. The lowest BCUT2D eigenvalue weighted by atomic mass is 10.3. The van der Waals surface area contributed by atoms with Crippen LogP contribution >= 0.6 is 11.3 Å². The third-order valence-electron chi connectivity index (χ3n) is 1.69. The summed E-state index contributed by atoms with van der Waals surface area (Å²) in [6.07, 6.45) is 0.747. The highest BCUT2D eigenvalue weighted by Gasteiger charge is 2.04. The molecule has 0 aliphatic heterocycles. The van der Waals surface area contributed by atoms with E-state index >= 15 is 0 Å². The third kappa shape index (κ3) is 1.76. The van der Waals surface area contributed by atoms with Gasteiger partial charge in [-0.1, -0.05) is 0 Å². The highest BCUT2D eigenvalue weighted by Crippen LogP contribution is 2.17. The number of hydrogen-bond donors (Lipinski definition) is 2. The average Bonchev–Trinajstić information content (AvgIpc) is 2.70. The van der Waals surface area contributed by atoms with Crippen LogP contribution in [0.5, 0.6) is 0 Å². The van der Waals surface area contributed by atoms with Crippen LogP contribution in [0.4, 0.5) is 0 Å². The predicted octanol–water partition coefficient (Wildman–Crippen LogP) is 1.03. The maximum atomic E-state index is 5.40. The first-order chi connectivity index (χ1) is 6.40. The van der Waals surface area contributed by atoms with Crippen LogP contribution < -0.4 is 5.73 Å². The summed E-state index contributed by atoms with van der Waals surface area (Å²) in [7, 11) is 0. The van der Waals surface area contributed by atoms with Gasteiger partial charge in [-0.25, -0.2) is 4.98 Å². The van der Waals surface area contributed by atoms with Crippen LogP contribution in [0.2, 0.25) is 0 Å². The minimum absolute atomic E-state index is 0.596. The zero-order valence-electron chi connectivity index (χ0n) is 7.03. The van der Waals surface area contributed by atoms with Gasteiger partial charge in [-0.2, -0.15) is 16.4 Å². The van der Waals surface area contributed by atoms with Gasteiger partial charge >= 0.3 is 0 Å². The van der Waals surface area contributed by atoms with E-state index in [1.54, 1.807) is 11.3 Å². The van der Waals surface area contributed by atoms with Crippen molar-refractivity contribution in [2.75, 3.05) is 6.54 Å². The van der Waals surface area contributed by atoms with E-state index in [9.17, 15) is 0 Å². The molecule has 0 amide bonds. The molecule has 0 atom stereocenters. The molecule has 13 heavy (non-hydrogen) atoms. The van der Waals surface area contributed by atoms with E-state index in [0.717, 1.165) is 23.6 Å². The Morgan fingerprint density at radius 1 is 1.54 bits per heavy atom. The van der Waals surface area contributed by atoms with E-state index in [-0.39, 0.29) is 0 Å². The van der Waals surface area contributed by atoms with Crippen LogP contribution in [-0.2, 0) is 6.42 Å². The molecule has 0 unspecified atom stereocenters. The standard InChI is InChI=1S/C8H10N4S/c9-3-1-7-10-8(12-11-7)6-2-4-13-5-6/h2,4-5H,1,3,9H2,(H,10,11,12). The van der Waals surface area contributed by atoms with Crippen molar-refractivity contribution in [3.05, 3.63) is 22.7 Å². The summed E-state index contributed by atoms with van der Waals surface area (Å²) < 4.78 is 0. The number of nitrogens with one attached hydrogen (secondary N) is 1. The van der Waals surface area contributed by atoms with E-state index in [0.29, 0.717) is 6.54 Å². The van der Waals surface area contributed by atoms with Gasteiger partial charge in [0.2, 0.25) is 0 Å². The summed E-state index contributed by atoms with van der Waals surface area (Å²) in [6.45, 7) is 0.596. The molecular weight excluding hydrogens is 184 g/mol. The van der Waals surface area contributed by atoms with Crippen molar-refractivity contribution < 1.29 is 0 Å². The molecule has 2 aromatic heterocycles. The number of nitrogens with two attached hydrogens (primary N) is 1. The van der Waals surface area contributed by atoms with Crippen LogP contribution in [0.15, 0.2) is 16.8 Å². The average molecular weight is 194 g/mol. The first-order valence-corrected chi connectivity index (χ1v) is 4.98. The number of aromatic amines is 1. The topological polar surface area (TPSA) is 67.6 Å². The second kappa shape index (κ2) is 3.68. The first-order valence-electron chi connectivity index (χ1n) is 4.04. The Morgan fingerprint density at radius 3 is 3.15 bits per heavy atom. The molecular formula is C8H10N4S. The Morgan fingerprint density at radius 2 is 2.46 bits per heavy atom. The van der Waals surface area contributed by atoms with Gasteiger partial charge in [0.25, 0.3) is 0 Å². The predicted molar refractivity (Wildman–Crippen MR) is 52.5 cm³/mol. The molecule has 0 aliphatic rings. The van der Waals surface area contributed by atoms with Crippen LogP contribution in [0.25, 0.3) is 11.4 Å². The Balaban J connectivity index is 2.23. The fourth-order valence-corrected chi connectivity index (χ4v) is 1.70. The molecule has 2 heterocycles. The molecule has 0 fully saturated rings. The Labute approximate surface area is 79.8 Å². The number of nitrogens with zero attached hydrogens (tertiary/aromatic N) is 2. The van der Waals surface area contributed by atoms with Crippen molar-refractivity contribution >= 4 is 11.3 Å². The Bertz CT molecular complexity index is 365. The van der Waals surface area contributed by atoms with Crippen molar-refractivity contribution in [1.82, 2.24) is 15.2 Å². The SMILES string of the molecule is NCCc1nc(-c2ccsc2)n[nH]1. The van der Waals surface area contributed by atoms with Crippen LogP contribution in [0.1, 0.15) is 5.82 Å². The number of H-pyrrole nitrogens is 1. The Kier molecular flexibility index (Phi) is 2.37. The van der Waals surface area contributed by atoms with Crippen LogP contribution in [0, 0.1) is 0 Å². The van der Waals surface area contributed by atoms with Crippen molar-refractivity contribution in [1.29, 1.82) is 0 Å². The minimum atomic E-state index is 0.596. The number of aromatic nitrogens is 3. The molecule has 2 rings (SSSR count). The molecule has 0 radical (unpaired) electrons. The van der Waals surface area contributed by atoms with Gasteiger partial charge in [0, 0.05) is 17.4 Å². The number of hydrogen-bond acceptors (Lipinski definition) is 4. The lowest BCUT2D eigenvalue weighted by Gasteiger charge is -1.87. The fourth-order valence-electron chi connectivity index (χ4n) is 1.06. The van der Waals surface area contributed by atoms with Crippen molar-refractivity contribution in [2.24, 2.45) is 5.73 Å². The number of thiophene rings is 1. The summed E-state index contributed by atoms with van der Waals surface area (Å²) in [5, 5.41) is 11.0. The summed E-state index contributed by atoms with van der Waals surface area (Å²) in [6, 6.07) is 2.00. The second-order valence-electron chi connectivity index (χ2n) is 2.66. The molecule has 0 aliphatic carbocycles. The molecule has 5 heteroatoms. The van der Waals surface area contributed by atoms with Gasteiger partial charge in [-0.3, -0.25) is 5.10 Å². The monoisotopic (exact) mass is 194 g/mol. The molecule has 3 N–H and O–H groups in total. The van der Waals surface area contributed by atoms with E-state index in [1.807, 2.05) is 16.8 Å². The van der Waals surface area contributed by atoms with Crippen LogP contribution in [-0.4, -0.2) is 21.7 Å². The Hall–Kier alpha value is -1.20. The van der Waals surface area contributed by atoms with Crippen molar-refractivity contribution in [2.45, 2.75) is 6.42 Å². The fraction of sp³-hybridized carbons (Fsp3) is 0.250. The molecule has 0 bridgehead atoms. The maximum Gasteiger partial charge on any atom is 0.181 e. The van der Waals surface area contributed by atoms with E-state index in [4.69, 9.17) is 5.73 Å². The summed E-state index contributed by atoms with van der Waals surface area (Å²) in [5.41, 5.74) is 6.46. The lowest BCUT2D eigenvalue weighted by molar-refractivity contribution is 0.874. The molecule has 0 aromatic carbocycles. The third-order valence-corrected chi connectivity index (χ3v) is 2.38. The number of rotatable bonds is 3. The normalized spacial score (nSPS) is 10.5. The van der Waals surface area contributed by atoms with Crippen molar-refractivity contribution in [3.63, 3.8) is 0 Å². The van der Waals surface area contributed by atoms with Crippen molar-refractivity contribution in [3.8, 4) is 11.4 Å². The quantitative estimate of drug-likeness (QED) is 0.767. The summed E-state index contributed by atoms with van der Waals surface area (Å²) in [4.78, 5) is 4.30. The van der Waals surface area contributed by atoms with Crippen LogP contribution in [0.3, 0.4) is 0 Å². The van der Waals surface area contributed by atoms with E-state index in [2.05, 4.69) is 15.2 Å². The minimum Gasteiger partial charge on any atom is -0.330 e. The zero-order valence-corrected chi connectivity index (χ0v) is 7.84. The van der Waals surface area contributed by atoms with Gasteiger partial charge in [-0.05, 0) is 18.0 Å². The highest BCUT2D eigenvalue weighted by molar-refractivity contribution is 7.08.